The maximum Gasteiger partial charge on any atom is 0.194 e. The predicted octanol–water partition coefficient (Wildman–Crippen LogP) is 3.21. The molecule has 7 heteroatoms. The number of rotatable bonds is 4. The molecule has 2 aliphatic carbocycles. The summed E-state index contributed by atoms with van der Waals surface area (Å²) in [4.78, 5) is 14.3. The second kappa shape index (κ2) is 9.19. The quantitative estimate of drug-likeness (QED) is 0.401. The van der Waals surface area contributed by atoms with Gasteiger partial charge in [0, 0.05) is 44.6 Å². The van der Waals surface area contributed by atoms with Gasteiger partial charge in [-0.15, -0.1) is 35.3 Å². The number of nitrogens with one attached hydrogen (secondary N) is 1. The van der Waals surface area contributed by atoms with Crippen molar-refractivity contribution < 1.29 is 0 Å². The summed E-state index contributed by atoms with van der Waals surface area (Å²) in [6, 6.07) is 0.873. The smallest absolute Gasteiger partial charge is 0.194 e. The van der Waals surface area contributed by atoms with Crippen LogP contribution < -0.4 is 5.32 Å². The Morgan fingerprint density at radius 2 is 2.08 bits per heavy atom. The second-order valence-corrected chi connectivity index (χ2v) is 8.69. The van der Waals surface area contributed by atoms with Gasteiger partial charge in [0.2, 0.25) is 0 Å². The molecule has 2 heterocycles. The lowest BCUT2D eigenvalue weighted by Crippen LogP contribution is -2.55. The molecule has 26 heavy (non-hydrogen) atoms. The summed E-state index contributed by atoms with van der Waals surface area (Å²) in [5.74, 6) is 3.05. The van der Waals surface area contributed by atoms with E-state index in [1.807, 2.05) is 7.05 Å². The van der Waals surface area contributed by atoms with Gasteiger partial charge in [0.25, 0.3) is 0 Å². The summed E-state index contributed by atoms with van der Waals surface area (Å²) >= 11 is 1.75. The van der Waals surface area contributed by atoms with Crippen LogP contribution >= 0.6 is 35.3 Å². The molecule has 3 atom stereocenters. The fourth-order valence-electron chi connectivity index (χ4n) is 5.02. The molecule has 3 fully saturated rings. The van der Waals surface area contributed by atoms with Crippen molar-refractivity contribution in [1.29, 1.82) is 0 Å². The van der Waals surface area contributed by atoms with Crippen molar-refractivity contribution in [3.8, 4) is 0 Å². The van der Waals surface area contributed by atoms with E-state index < -0.39 is 0 Å². The Balaban J connectivity index is 0.00000196. The lowest BCUT2D eigenvalue weighted by molar-refractivity contribution is 0.0958. The van der Waals surface area contributed by atoms with Gasteiger partial charge < -0.3 is 10.2 Å². The highest BCUT2D eigenvalue weighted by Crippen LogP contribution is 2.46. The molecule has 2 bridgehead atoms. The van der Waals surface area contributed by atoms with Gasteiger partial charge in [-0.2, -0.15) is 0 Å². The van der Waals surface area contributed by atoms with E-state index in [1.165, 1.54) is 43.8 Å². The molecule has 5 nitrogen and oxygen atoms in total. The Morgan fingerprint density at radius 1 is 1.27 bits per heavy atom. The van der Waals surface area contributed by atoms with E-state index in [4.69, 9.17) is 0 Å². The van der Waals surface area contributed by atoms with Crippen LogP contribution in [0.3, 0.4) is 0 Å². The number of aromatic nitrogens is 1. The van der Waals surface area contributed by atoms with Crippen molar-refractivity contribution in [1.82, 2.24) is 20.1 Å². The molecule has 1 aromatic heterocycles. The Hall–Kier alpha value is -0.410. The zero-order chi connectivity index (χ0) is 17.2. The SMILES string of the molecule is CCc1nc(CNC(=NC)N2CCN(C3CC4CCC3C4)CC2)cs1.I. The molecule has 146 valence electrons. The molecule has 3 aliphatic rings. The third kappa shape index (κ3) is 4.35. The number of aliphatic imine (C=N–C) groups is 1. The van der Waals surface area contributed by atoms with Crippen molar-refractivity contribution in [3.63, 3.8) is 0 Å². The van der Waals surface area contributed by atoms with Crippen LogP contribution in [-0.4, -0.2) is 60.0 Å². The Kier molecular flexibility index (Phi) is 7.18. The minimum Gasteiger partial charge on any atom is -0.351 e. The molecule has 0 radical (unpaired) electrons. The van der Waals surface area contributed by atoms with Gasteiger partial charge in [-0.1, -0.05) is 13.3 Å². The Labute approximate surface area is 178 Å². The lowest BCUT2D eigenvalue weighted by atomic mass is 9.93. The Bertz CT molecular complexity index is 611. The highest BCUT2D eigenvalue weighted by molar-refractivity contribution is 14.0. The molecule has 0 aromatic carbocycles. The fourth-order valence-corrected chi connectivity index (χ4v) is 5.76. The zero-order valence-electron chi connectivity index (χ0n) is 16.0. The highest BCUT2D eigenvalue weighted by Gasteiger charge is 2.42. The minimum atomic E-state index is 0. The van der Waals surface area contributed by atoms with E-state index in [2.05, 4.69) is 37.4 Å². The summed E-state index contributed by atoms with van der Waals surface area (Å²) in [6.45, 7) is 7.48. The number of nitrogens with zero attached hydrogens (tertiary/aromatic N) is 4. The average molecular weight is 489 g/mol. The zero-order valence-corrected chi connectivity index (χ0v) is 19.1. The van der Waals surface area contributed by atoms with Gasteiger partial charge >= 0.3 is 0 Å². The van der Waals surface area contributed by atoms with Crippen LogP contribution in [0.1, 0.15) is 43.3 Å². The first kappa shape index (κ1) is 20.3. The first-order valence-corrected chi connectivity index (χ1v) is 10.8. The number of hydrogen-bond donors (Lipinski definition) is 1. The summed E-state index contributed by atoms with van der Waals surface area (Å²) in [6.07, 6.45) is 6.95. The largest absolute Gasteiger partial charge is 0.351 e. The third-order valence-corrected chi connectivity index (χ3v) is 7.37. The summed E-state index contributed by atoms with van der Waals surface area (Å²) < 4.78 is 0. The maximum absolute atomic E-state index is 4.64. The van der Waals surface area contributed by atoms with Gasteiger partial charge in [-0.3, -0.25) is 9.89 Å². The maximum atomic E-state index is 4.64. The fraction of sp³-hybridized carbons (Fsp3) is 0.789. The van der Waals surface area contributed by atoms with E-state index in [1.54, 1.807) is 11.3 Å². The normalized spacial score (nSPS) is 29.1. The molecule has 0 amide bonds. The number of fused-ring (bicyclic) bond motifs is 2. The van der Waals surface area contributed by atoms with E-state index in [0.717, 1.165) is 55.6 Å². The molecule has 1 N–H and O–H groups in total. The summed E-state index contributed by atoms with van der Waals surface area (Å²) in [5.41, 5.74) is 1.13. The topological polar surface area (TPSA) is 43.8 Å². The molecule has 1 aromatic rings. The lowest BCUT2D eigenvalue weighted by Gasteiger charge is -2.41. The predicted molar refractivity (Wildman–Crippen MR) is 119 cm³/mol. The first-order valence-electron chi connectivity index (χ1n) is 9.89. The number of piperazine rings is 1. The van der Waals surface area contributed by atoms with Gasteiger partial charge in [0.15, 0.2) is 5.96 Å². The van der Waals surface area contributed by atoms with Crippen molar-refractivity contribution in [3.05, 3.63) is 16.1 Å². The van der Waals surface area contributed by atoms with Crippen LogP contribution in [-0.2, 0) is 13.0 Å². The number of hydrogen-bond acceptors (Lipinski definition) is 4. The average Bonchev–Trinajstić information content (AvgIpc) is 3.39. The monoisotopic (exact) mass is 489 g/mol. The first-order chi connectivity index (χ1) is 12.3. The molecule has 0 spiro atoms. The van der Waals surface area contributed by atoms with Gasteiger partial charge in [0.1, 0.15) is 0 Å². The van der Waals surface area contributed by atoms with Crippen LogP contribution in [0.5, 0.6) is 0 Å². The molecule has 1 aliphatic heterocycles. The van der Waals surface area contributed by atoms with Crippen molar-refractivity contribution in [2.75, 3.05) is 33.2 Å². The van der Waals surface area contributed by atoms with Gasteiger partial charge in [-0.05, 0) is 37.5 Å². The second-order valence-electron chi connectivity index (χ2n) is 7.75. The number of aryl methyl sites for hydroxylation is 1. The van der Waals surface area contributed by atoms with Crippen molar-refractivity contribution >= 4 is 41.3 Å². The number of thiazole rings is 1. The van der Waals surface area contributed by atoms with Crippen LogP contribution in [0.25, 0.3) is 0 Å². The minimum absolute atomic E-state index is 0. The van der Waals surface area contributed by atoms with E-state index in [-0.39, 0.29) is 24.0 Å². The van der Waals surface area contributed by atoms with Crippen LogP contribution in [0, 0.1) is 11.8 Å². The van der Waals surface area contributed by atoms with E-state index in [9.17, 15) is 0 Å². The molecule has 2 saturated carbocycles. The number of halogens is 1. The van der Waals surface area contributed by atoms with Crippen LogP contribution in [0.2, 0.25) is 0 Å². The third-order valence-electron chi connectivity index (χ3n) is 6.32. The summed E-state index contributed by atoms with van der Waals surface area (Å²) in [5, 5.41) is 6.88. The van der Waals surface area contributed by atoms with Gasteiger partial charge in [-0.25, -0.2) is 4.98 Å². The summed E-state index contributed by atoms with van der Waals surface area (Å²) in [7, 11) is 1.89. The number of guanidine groups is 1. The van der Waals surface area contributed by atoms with E-state index >= 15 is 0 Å². The van der Waals surface area contributed by atoms with Crippen LogP contribution in [0.4, 0.5) is 0 Å². The van der Waals surface area contributed by atoms with Crippen LogP contribution in [0.15, 0.2) is 10.4 Å². The van der Waals surface area contributed by atoms with Gasteiger partial charge in [0.05, 0.1) is 17.2 Å². The van der Waals surface area contributed by atoms with Crippen molar-refractivity contribution in [2.24, 2.45) is 16.8 Å². The molecule has 4 rings (SSSR count). The molecular formula is C19H32IN5S. The molecular weight excluding hydrogens is 457 g/mol. The van der Waals surface area contributed by atoms with Crippen molar-refractivity contribution in [2.45, 2.75) is 51.6 Å². The standard InChI is InChI=1S/C19H31N5S.HI/c1-3-18-22-16(13-25-18)12-21-19(20-2)24-8-6-23(7-9-24)17-11-14-4-5-15(17)10-14;/h13-15,17H,3-12H2,1-2H3,(H,20,21);1H. The molecule has 3 unspecified atom stereocenters. The highest BCUT2D eigenvalue weighted by atomic mass is 127. The molecule has 1 saturated heterocycles. The Morgan fingerprint density at radius 3 is 2.65 bits per heavy atom. The van der Waals surface area contributed by atoms with E-state index in [0.29, 0.717) is 0 Å².